The molecular weight excluding hydrogens is 254 g/mol. The molecule has 2 aromatic heterocycles. The molecule has 2 heterocycles. The summed E-state index contributed by atoms with van der Waals surface area (Å²) in [5, 5.41) is 9.04. The van der Waals surface area contributed by atoms with Crippen molar-refractivity contribution >= 4 is 11.9 Å². The summed E-state index contributed by atoms with van der Waals surface area (Å²) >= 11 is 0. The second-order valence-electron chi connectivity index (χ2n) is 4.06. The maximum atomic E-state index is 11.2. The van der Waals surface area contributed by atoms with Crippen molar-refractivity contribution in [3.8, 4) is 17.7 Å². The van der Waals surface area contributed by atoms with Crippen LogP contribution in [0.1, 0.15) is 16.1 Å². The molecule has 20 heavy (non-hydrogen) atoms. The molecular formula is C15H9N3O2. The monoisotopic (exact) mass is 263 g/mol. The molecule has 5 heteroatoms. The number of ether oxygens (including phenoxy) is 1. The summed E-state index contributed by atoms with van der Waals surface area (Å²) in [6.07, 6.45) is 2.42. The molecule has 0 saturated carbocycles. The van der Waals surface area contributed by atoms with Crippen LogP contribution in [0.3, 0.4) is 0 Å². The highest BCUT2D eigenvalue weighted by Crippen LogP contribution is 2.27. The van der Waals surface area contributed by atoms with E-state index in [0.29, 0.717) is 28.9 Å². The van der Waals surface area contributed by atoms with Crippen molar-refractivity contribution in [1.29, 1.82) is 5.26 Å². The van der Waals surface area contributed by atoms with Gasteiger partial charge in [-0.3, -0.25) is 9.20 Å². The lowest BCUT2D eigenvalue weighted by atomic mass is 10.2. The Morgan fingerprint density at radius 3 is 2.80 bits per heavy atom. The number of carbonyl (C=O) groups is 1. The quantitative estimate of drug-likeness (QED) is 0.681. The maximum Gasteiger partial charge on any atom is 0.249 e. The number of imidazole rings is 1. The van der Waals surface area contributed by atoms with Gasteiger partial charge in [0, 0.05) is 6.20 Å². The normalized spacial score (nSPS) is 10.2. The van der Waals surface area contributed by atoms with Gasteiger partial charge in [0.25, 0.3) is 0 Å². The summed E-state index contributed by atoms with van der Waals surface area (Å²) in [5.41, 5.74) is 1.31. The predicted molar refractivity (Wildman–Crippen MR) is 71.8 cm³/mol. The number of nitriles is 1. The molecule has 3 aromatic rings. The summed E-state index contributed by atoms with van der Waals surface area (Å²) in [4.78, 5) is 15.5. The van der Waals surface area contributed by atoms with Gasteiger partial charge in [0.2, 0.25) is 5.88 Å². The van der Waals surface area contributed by atoms with Gasteiger partial charge < -0.3 is 4.74 Å². The molecule has 0 radical (unpaired) electrons. The third-order valence-corrected chi connectivity index (χ3v) is 2.86. The Kier molecular flexibility index (Phi) is 2.90. The molecule has 0 bridgehead atoms. The van der Waals surface area contributed by atoms with E-state index in [1.165, 1.54) is 0 Å². The molecule has 0 aliphatic rings. The summed E-state index contributed by atoms with van der Waals surface area (Å²) in [6, 6.07) is 14.2. The van der Waals surface area contributed by atoms with E-state index in [2.05, 4.69) is 4.98 Å². The fourth-order valence-electron chi connectivity index (χ4n) is 1.93. The lowest BCUT2D eigenvalue weighted by Crippen LogP contribution is -1.94. The summed E-state index contributed by atoms with van der Waals surface area (Å²) < 4.78 is 7.26. The number of aldehydes is 1. The molecule has 96 valence electrons. The number of rotatable bonds is 3. The number of fused-ring (bicyclic) bond motifs is 1. The van der Waals surface area contributed by atoms with E-state index in [-0.39, 0.29) is 5.88 Å². The minimum atomic E-state index is 0.189. The number of hydrogen-bond donors (Lipinski definition) is 0. The van der Waals surface area contributed by atoms with Crippen molar-refractivity contribution in [1.82, 2.24) is 9.38 Å². The fraction of sp³-hybridized carbons (Fsp3) is 0. The highest BCUT2D eigenvalue weighted by molar-refractivity contribution is 5.78. The topological polar surface area (TPSA) is 67.4 Å². The van der Waals surface area contributed by atoms with Crippen LogP contribution in [0, 0.1) is 11.3 Å². The van der Waals surface area contributed by atoms with Gasteiger partial charge in [-0.05, 0) is 24.3 Å². The predicted octanol–water partition coefficient (Wildman–Crippen LogP) is 2.81. The van der Waals surface area contributed by atoms with Crippen LogP contribution in [-0.4, -0.2) is 15.7 Å². The van der Waals surface area contributed by atoms with Crippen molar-refractivity contribution in [3.63, 3.8) is 0 Å². The van der Waals surface area contributed by atoms with E-state index in [1.54, 1.807) is 47.0 Å². The van der Waals surface area contributed by atoms with Crippen LogP contribution >= 0.6 is 0 Å². The number of pyridine rings is 1. The summed E-state index contributed by atoms with van der Waals surface area (Å²) in [7, 11) is 0. The maximum absolute atomic E-state index is 11.2. The van der Waals surface area contributed by atoms with Crippen molar-refractivity contribution in [2.75, 3.05) is 0 Å². The van der Waals surface area contributed by atoms with Crippen LogP contribution in [0.5, 0.6) is 11.6 Å². The zero-order chi connectivity index (χ0) is 13.9. The van der Waals surface area contributed by atoms with Crippen LogP contribution in [-0.2, 0) is 0 Å². The van der Waals surface area contributed by atoms with Gasteiger partial charge in [0.1, 0.15) is 17.5 Å². The van der Waals surface area contributed by atoms with Gasteiger partial charge in [-0.2, -0.15) is 10.2 Å². The third-order valence-electron chi connectivity index (χ3n) is 2.86. The van der Waals surface area contributed by atoms with E-state index in [1.807, 2.05) is 12.1 Å². The van der Waals surface area contributed by atoms with E-state index < -0.39 is 0 Å². The number of benzene rings is 1. The number of hydrogen-bond acceptors (Lipinski definition) is 4. The number of aromatic nitrogens is 2. The first-order chi connectivity index (χ1) is 9.83. The Morgan fingerprint density at radius 1 is 1.20 bits per heavy atom. The number of nitrogens with zero attached hydrogens (tertiary/aromatic N) is 3. The first-order valence-electron chi connectivity index (χ1n) is 5.92. The van der Waals surface area contributed by atoms with E-state index >= 15 is 0 Å². The first kappa shape index (κ1) is 11.9. The number of carbonyl (C=O) groups excluding carboxylic acids is 1. The SMILES string of the molecule is N#Cc1ccccc1Oc1nc2ccccn2c1C=O. The molecule has 5 nitrogen and oxygen atoms in total. The van der Waals surface area contributed by atoms with Crippen molar-refractivity contribution in [2.24, 2.45) is 0 Å². The Hall–Kier alpha value is -3.13. The minimum absolute atomic E-state index is 0.189. The minimum Gasteiger partial charge on any atom is -0.436 e. The lowest BCUT2D eigenvalue weighted by Gasteiger charge is -2.04. The summed E-state index contributed by atoms with van der Waals surface area (Å²) in [6.45, 7) is 0. The Morgan fingerprint density at radius 2 is 2.00 bits per heavy atom. The first-order valence-corrected chi connectivity index (χ1v) is 5.92. The van der Waals surface area contributed by atoms with Crippen molar-refractivity contribution in [2.45, 2.75) is 0 Å². The second kappa shape index (κ2) is 4.86. The van der Waals surface area contributed by atoms with Crippen LogP contribution in [0.15, 0.2) is 48.7 Å². The molecule has 0 unspecified atom stereocenters. The lowest BCUT2D eigenvalue weighted by molar-refractivity contribution is 0.111. The second-order valence-corrected chi connectivity index (χ2v) is 4.06. The van der Waals surface area contributed by atoms with Crippen LogP contribution in [0.2, 0.25) is 0 Å². The van der Waals surface area contributed by atoms with Gasteiger partial charge in [0.05, 0.1) is 5.56 Å². The standard InChI is InChI=1S/C15H9N3O2/c16-9-11-5-1-2-6-13(11)20-15-12(10-19)18-8-4-3-7-14(18)17-15/h1-8,10H. The largest absolute Gasteiger partial charge is 0.436 e. The molecule has 0 aliphatic carbocycles. The van der Waals surface area contributed by atoms with Gasteiger partial charge in [0.15, 0.2) is 12.0 Å². The molecule has 0 atom stereocenters. The summed E-state index contributed by atoms with van der Waals surface area (Å²) in [5.74, 6) is 0.565. The molecule has 0 fully saturated rings. The Balaban J connectivity index is 2.11. The van der Waals surface area contributed by atoms with Crippen molar-refractivity contribution < 1.29 is 9.53 Å². The molecule has 0 amide bonds. The molecule has 0 N–H and O–H groups in total. The molecule has 0 saturated heterocycles. The van der Waals surface area contributed by atoms with E-state index in [4.69, 9.17) is 10.00 Å². The van der Waals surface area contributed by atoms with Crippen molar-refractivity contribution in [3.05, 3.63) is 59.9 Å². The average molecular weight is 263 g/mol. The zero-order valence-electron chi connectivity index (χ0n) is 10.4. The molecule has 0 spiro atoms. The van der Waals surface area contributed by atoms with Crippen LogP contribution in [0.25, 0.3) is 5.65 Å². The Bertz CT molecular complexity index is 830. The van der Waals surface area contributed by atoms with Gasteiger partial charge in [-0.1, -0.05) is 18.2 Å². The van der Waals surface area contributed by atoms with Gasteiger partial charge in [-0.25, -0.2) is 0 Å². The Labute approximate surface area is 114 Å². The van der Waals surface area contributed by atoms with E-state index in [9.17, 15) is 4.79 Å². The molecule has 1 aromatic carbocycles. The highest BCUT2D eigenvalue weighted by Gasteiger charge is 2.14. The highest BCUT2D eigenvalue weighted by atomic mass is 16.5. The molecule has 0 aliphatic heterocycles. The van der Waals surface area contributed by atoms with Crippen LogP contribution < -0.4 is 4.74 Å². The zero-order valence-corrected chi connectivity index (χ0v) is 10.4. The third kappa shape index (κ3) is 1.89. The molecule has 3 rings (SSSR count). The fourth-order valence-corrected chi connectivity index (χ4v) is 1.93. The average Bonchev–Trinajstić information content (AvgIpc) is 2.85. The number of para-hydroxylation sites is 1. The smallest absolute Gasteiger partial charge is 0.249 e. The van der Waals surface area contributed by atoms with Gasteiger partial charge >= 0.3 is 0 Å². The van der Waals surface area contributed by atoms with E-state index in [0.717, 1.165) is 0 Å². The van der Waals surface area contributed by atoms with Crippen LogP contribution in [0.4, 0.5) is 0 Å². The van der Waals surface area contributed by atoms with Gasteiger partial charge in [-0.15, -0.1) is 0 Å².